The minimum atomic E-state index is -2.35. The lowest BCUT2D eigenvalue weighted by Gasteiger charge is -2.29. The molecule has 1 unspecified atom stereocenters. The predicted octanol–water partition coefficient (Wildman–Crippen LogP) is 6.60. The molecule has 1 atom stereocenters. The van der Waals surface area contributed by atoms with Crippen LogP contribution in [0.4, 0.5) is 8.78 Å². The minimum absolute atomic E-state index is 0.00219. The lowest BCUT2D eigenvalue weighted by Crippen LogP contribution is -2.27. The highest BCUT2D eigenvalue weighted by molar-refractivity contribution is 6.30. The van der Waals surface area contributed by atoms with Crippen molar-refractivity contribution in [3.8, 4) is 11.3 Å². The number of carboxylic acids is 1. The molecule has 1 aliphatic carbocycles. The molecule has 1 saturated carbocycles. The number of carbonyl (C=O) groups is 1. The molecule has 1 aromatic carbocycles. The molecule has 196 valence electrons. The van der Waals surface area contributed by atoms with Gasteiger partial charge in [-0.2, -0.15) is 0 Å². The van der Waals surface area contributed by atoms with Gasteiger partial charge in [-0.15, -0.1) is 6.58 Å². The number of carboxylic acid groups (broad SMARTS) is 1. The first-order chi connectivity index (χ1) is 18.2. The Kier molecular flexibility index (Phi) is 6.96. The van der Waals surface area contributed by atoms with Gasteiger partial charge in [-0.25, -0.2) is 28.5 Å². The van der Waals surface area contributed by atoms with Crippen LogP contribution in [-0.4, -0.2) is 35.6 Å². The van der Waals surface area contributed by atoms with Crippen LogP contribution in [0.25, 0.3) is 22.4 Å². The molecule has 38 heavy (non-hydrogen) atoms. The number of aromatic carboxylic acids is 1. The quantitative estimate of drug-likeness (QED) is 0.267. The van der Waals surface area contributed by atoms with Crippen molar-refractivity contribution in [3.05, 3.63) is 83.4 Å². The van der Waals surface area contributed by atoms with Gasteiger partial charge in [0.15, 0.2) is 17.1 Å². The number of rotatable bonds is 7. The lowest BCUT2D eigenvalue weighted by molar-refractivity contribution is 0.0684. The van der Waals surface area contributed by atoms with Gasteiger partial charge in [-0.3, -0.25) is 4.98 Å². The van der Waals surface area contributed by atoms with Crippen molar-refractivity contribution in [3.63, 3.8) is 0 Å². The lowest BCUT2D eigenvalue weighted by atomic mass is 9.82. The molecule has 0 aliphatic heterocycles. The molecule has 4 aromatic rings. The Labute approximate surface area is 223 Å². The SMILES string of the molecule is C=C[C@H]1CC[C@H](Cn2c(C(C)(F)c3ccccc3F)nc3nc(C(=O)O)nc(-c4cncc(Cl)c4)c32)CC1. The van der Waals surface area contributed by atoms with Crippen molar-refractivity contribution in [1.82, 2.24) is 24.5 Å². The molecule has 0 saturated heterocycles. The maximum absolute atomic E-state index is 16.7. The van der Waals surface area contributed by atoms with Crippen molar-refractivity contribution in [2.24, 2.45) is 11.8 Å². The summed E-state index contributed by atoms with van der Waals surface area (Å²) < 4.78 is 33.2. The molecular weight excluding hydrogens is 512 g/mol. The van der Waals surface area contributed by atoms with Gasteiger partial charge in [0.1, 0.15) is 17.0 Å². The molecular formula is C28H26ClF2N5O2. The zero-order chi connectivity index (χ0) is 27.0. The van der Waals surface area contributed by atoms with E-state index >= 15 is 4.39 Å². The molecule has 0 bridgehead atoms. The van der Waals surface area contributed by atoms with Crippen LogP contribution >= 0.6 is 11.6 Å². The zero-order valence-electron chi connectivity index (χ0n) is 20.7. The third kappa shape index (κ3) is 4.78. The Balaban J connectivity index is 1.77. The highest BCUT2D eigenvalue weighted by Gasteiger charge is 2.39. The summed E-state index contributed by atoms with van der Waals surface area (Å²) in [4.78, 5) is 28.9. The van der Waals surface area contributed by atoms with Crippen molar-refractivity contribution in [2.75, 3.05) is 0 Å². The van der Waals surface area contributed by atoms with Gasteiger partial charge < -0.3 is 9.67 Å². The van der Waals surface area contributed by atoms with Gasteiger partial charge >= 0.3 is 5.97 Å². The molecule has 0 amide bonds. The van der Waals surface area contributed by atoms with Crippen LogP contribution in [0.15, 0.2) is 55.4 Å². The second kappa shape index (κ2) is 10.2. The van der Waals surface area contributed by atoms with E-state index in [2.05, 4.69) is 26.5 Å². The number of allylic oxidation sites excluding steroid dienone is 1. The normalized spacial score (nSPS) is 19.3. The Bertz CT molecular complexity index is 1530. The maximum atomic E-state index is 16.7. The summed E-state index contributed by atoms with van der Waals surface area (Å²) in [6.07, 6.45) is 8.61. The van der Waals surface area contributed by atoms with E-state index in [1.165, 1.54) is 37.5 Å². The molecule has 3 heterocycles. The van der Waals surface area contributed by atoms with Crippen LogP contribution in [0, 0.1) is 17.7 Å². The molecule has 1 N–H and O–H groups in total. The van der Waals surface area contributed by atoms with Crippen LogP contribution in [-0.2, 0) is 12.2 Å². The number of pyridine rings is 1. The summed E-state index contributed by atoms with van der Waals surface area (Å²) in [5, 5.41) is 10.0. The van der Waals surface area contributed by atoms with Crippen LogP contribution in [0.5, 0.6) is 0 Å². The number of hydrogen-bond acceptors (Lipinski definition) is 5. The van der Waals surface area contributed by atoms with Gasteiger partial charge in [-0.05, 0) is 56.6 Å². The number of hydrogen-bond donors (Lipinski definition) is 1. The largest absolute Gasteiger partial charge is 0.475 e. The molecule has 5 rings (SSSR count). The molecule has 0 spiro atoms. The standard InChI is InChI=1S/C28H26ClF2N5O2/c1-3-16-8-10-17(11-9-16)15-36-23-22(18-12-19(29)14-32-13-18)33-25(26(37)38)34-24(23)35-27(36)28(2,31)20-6-4-5-7-21(20)30/h3-7,12-14,16-17H,1,8-11,15H2,2H3,(H,37,38)/t16-,17-,28?. The van der Waals surface area contributed by atoms with E-state index in [9.17, 15) is 14.3 Å². The Morgan fingerprint density at radius 2 is 1.95 bits per heavy atom. The average molecular weight is 538 g/mol. The molecule has 1 fully saturated rings. The van der Waals surface area contributed by atoms with Crippen molar-refractivity contribution < 1.29 is 18.7 Å². The third-order valence-corrected chi connectivity index (χ3v) is 7.44. The van der Waals surface area contributed by atoms with Crippen molar-refractivity contribution in [1.29, 1.82) is 0 Å². The number of alkyl halides is 1. The summed E-state index contributed by atoms with van der Waals surface area (Å²) in [6, 6.07) is 7.22. The molecule has 10 heteroatoms. The third-order valence-electron chi connectivity index (χ3n) is 7.24. The van der Waals surface area contributed by atoms with Gasteiger partial charge in [0.2, 0.25) is 5.82 Å². The van der Waals surface area contributed by atoms with Crippen molar-refractivity contribution >= 4 is 28.7 Å². The van der Waals surface area contributed by atoms with Gasteiger partial charge in [-0.1, -0.05) is 35.9 Å². The van der Waals surface area contributed by atoms with E-state index in [1.807, 2.05) is 6.08 Å². The predicted molar refractivity (Wildman–Crippen MR) is 140 cm³/mol. The number of aromatic nitrogens is 5. The summed E-state index contributed by atoms with van der Waals surface area (Å²) in [5.41, 5.74) is -1.53. The van der Waals surface area contributed by atoms with Crippen molar-refractivity contribution in [2.45, 2.75) is 44.8 Å². The van der Waals surface area contributed by atoms with Gasteiger partial charge in [0.05, 0.1) is 5.02 Å². The van der Waals surface area contributed by atoms with Crippen LogP contribution in [0.1, 0.15) is 54.6 Å². The van der Waals surface area contributed by atoms with Gasteiger partial charge in [0, 0.05) is 30.1 Å². The topological polar surface area (TPSA) is 93.8 Å². The number of halogens is 3. The zero-order valence-corrected chi connectivity index (χ0v) is 21.5. The fraction of sp³-hybridized carbons (Fsp3) is 0.321. The molecule has 3 aromatic heterocycles. The van der Waals surface area contributed by atoms with Crippen LogP contribution in [0.3, 0.4) is 0 Å². The van der Waals surface area contributed by atoms with E-state index in [1.54, 1.807) is 16.7 Å². The summed E-state index contributed by atoms with van der Waals surface area (Å²) in [7, 11) is 0. The van der Waals surface area contributed by atoms with E-state index < -0.39 is 23.3 Å². The van der Waals surface area contributed by atoms with E-state index in [4.69, 9.17) is 11.6 Å². The fourth-order valence-electron chi connectivity index (χ4n) is 5.24. The first-order valence-electron chi connectivity index (χ1n) is 12.4. The molecule has 0 radical (unpaired) electrons. The fourth-order valence-corrected chi connectivity index (χ4v) is 5.41. The van der Waals surface area contributed by atoms with Gasteiger partial charge in [0.25, 0.3) is 0 Å². The first kappa shape index (κ1) is 25.9. The Hall–Kier alpha value is -3.72. The Morgan fingerprint density at radius 3 is 2.61 bits per heavy atom. The Morgan fingerprint density at radius 1 is 1.21 bits per heavy atom. The summed E-state index contributed by atoms with van der Waals surface area (Å²) in [6.45, 7) is 5.54. The van der Waals surface area contributed by atoms with E-state index in [0.717, 1.165) is 25.7 Å². The number of benzene rings is 1. The number of fused-ring (bicyclic) bond motifs is 1. The van der Waals surface area contributed by atoms with E-state index in [-0.39, 0.29) is 28.6 Å². The summed E-state index contributed by atoms with van der Waals surface area (Å²) in [5.74, 6) is -2.02. The number of nitrogens with zero attached hydrogens (tertiary/aromatic N) is 5. The average Bonchev–Trinajstić information content (AvgIpc) is 3.28. The monoisotopic (exact) mass is 537 g/mol. The second-order valence-electron chi connectivity index (χ2n) is 9.81. The number of imidazole rings is 1. The molecule has 7 nitrogen and oxygen atoms in total. The highest BCUT2D eigenvalue weighted by Crippen LogP contribution is 2.40. The smallest absolute Gasteiger partial charge is 0.374 e. The van der Waals surface area contributed by atoms with E-state index in [0.29, 0.717) is 28.6 Å². The van der Waals surface area contributed by atoms with Crippen LogP contribution < -0.4 is 0 Å². The second-order valence-corrected chi connectivity index (χ2v) is 10.2. The van der Waals surface area contributed by atoms with Crippen LogP contribution in [0.2, 0.25) is 5.02 Å². The molecule has 1 aliphatic rings. The minimum Gasteiger partial charge on any atom is -0.475 e. The highest BCUT2D eigenvalue weighted by atomic mass is 35.5. The summed E-state index contributed by atoms with van der Waals surface area (Å²) >= 11 is 6.19. The maximum Gasteiger partial charge on any atom is 0.374 e. The first-order valence-corrected chi connectivity index (χ1v) is 12.8.